The first-order valence-corrected chi connectivity index (χ1v) is 4.06. The van der Waals surface area contributed by atoms with Crippen LogP contribution in [0.1, 0.15) is 19.4 Å². The van der Waals surface area contributed by atoms with E-state index in [0.29, 0.717) is 5.56 Å². The minimum Gasteiger partial charge on any atom is -0.393 e. The fourth-order valence-corrected chi connectivity index (χ4v) is 0.742. The molecule has 13 heavy (non-hydrogen) atoms. The molecule has 0 unspecified atom stereocenters. The van der Waals surface area contributed by atoms with Crippen molar-refractivity contribution in [2.75, 3.05) is 0 Å². The highest BCUT2D eigenvalue weighted by Gasteiger charge is 1.92. The minimum atomic E-state index is -0.301. The summed E-state index contributed by atoms with van der Waals surface area (Å²) in [5.41, 5.74) is 0.570. The Morgan fingerprint density at radius 1 is 1.46 bits per heavy atom. The molecule has 0 aliphatic carbocycles. The second-order valence-corrected chi connectivity index (χ2v) is 2.87. The zero-order valence-electron chi connectivity index (χ0n) is 7.62. The summed E-state index contributed by atoms with van der Waals surface area (Å²) in [5, 5.41) is 3.57. The molecule has 0 N–H and O–H groups in total. The van der Waals surface area contributed by atoms with E-state index >= 15 is 0 Å². The Morgan fingerprint density at radius 2 is 2.23 bits per heavy atom. The first kappa shape index (κ1) is 9.71. The van der Waals surface area contributed by atoms with E-state index < -0.39 is 0 Å². The molecule has 0 heterocycles. The predicted octanol–water partition coefficient (Wildman–Crippen LogP) is 2.46. The Morgan fingerprint density at radius 3 is 2.85 bits per heavy atom. The Kier molecular flexibility index (Phi) is 3.43. The maximum atomic E-state index is 12.6. The topological polar surface area (TPSA) is 21.6 Å². The van der Waals surface area contributed by atoms with Crippen LogP contribution in [0.2, 0.25) is 0 Å². The van der Waals surface area contributed by atoms with Crippen LogP contribution in [0.4, 0.5) is 4.39 Å². The lowest BCUT2D eigenvalue weighted by Crippen LogP contribution is -1.96. The average Bonchev–Trinajstić information content (AvgIpc) is 2.03. The molecule has 0 spiro atoms. The fourth-order valence-electron chi connectivity index (χ4n) is 0.742. The van der Waals surface area contributed by atoms with Gasteiger partial charge in [0.05, 0.1) is 0 Å². The molecule has 0 saturated heterocycles. The average molecular weight is 180 g/mol. The third kappa shape index (κ3) is 3.69. The third-order valence-corrected chi connectivity index (χ3v) is 1.26. The van der Waals surface area contributed by atoms with Gasteiger partial charge in [-0.05, 0) is 26.0 Å². The van der Waals surface area contributed by atoms with Crippen molar-refractivity contribution in [2.24, 2.45) is 5.16 Å². The molecule has 0 aromatic heterocycles. The van der Waals surface area contributed by atoms with Crippen molar-refractivity contribution >= 4 is 6.21 Å². The van der Waals surface area contributed by atoms with Gasteiger partial charge in [0.2, 0.25) is 0 Å². The van der Waals surface area contributed by atoms with Gasteiger partial charge >= 0.3 is 0 Å². The zero-order valence-corrected chi connectivity index (χ0v) is 7.62. The van der Waals surface area contributed by atoms with Crippen LogP contribution in [0.25, 0.3) is 0 Å². The molecule has 1 radical (unpaired) electrons. The predicted molar refractivity (Wildman–Crippen MR) is 49.2 cm³/mol. The van der Waals surface area contributed by atoms with Gasteiger partial charge in [-0.3, -0.25) is 0 Å². The van der Waals surface area contributed by atoms with Gasteiger partial charge in [0.1, 0.15) is 18.1 Å². The first-order valence-electron chi connectivity index (χ1n) is 4.06. The molecule has 0 atom stereocenters. The third-order valence-electron chi connectivity index (χ3n) is 1.26. The minimum absolute atomic E-state index is 0.0149. The van der Waals surface area contributed by atoms with Crippen molar-refractivity contribution in [3.8, 4) is 0 Å². The van der Waals surface area contributed by atoms with Crippen LogP contribution in [0, 0.1) is 5.82 Å². The van der Waals surface area contributed by atoms with Crippen LogP contribution in [0.5, 0.6) is 0 Å². The number of hydrogen-bond acceptors (Lipinski definition) is 2. The zero-order chi connectivity index (χ0) is 9.68. The van der Waals surface area contributed by atoms with E-state index in [1.165, 1.54) is 12.1 Å². The maximum Gasteiger partial charge on any atom is 0.139 e. The van der Waals surface area contributed by atoms with Crippen molar-refractivity contribution in [1.82, 2.24) is 0 Å². The smallest absolute Gasteiger partial charge is 0.139 e. The summed E-state index contributed by atoms with van der Waals surface area (Å²) >= 11 is 0. The number of benzene rings is 1. The highest BCUT2D eigenvalue weighted by molar-refractivity contribution is 5.78. The molecule has 0 aliphatic heterocycles. The SMILES string of the molecule is CC(C)O/N=[C]/c1cccc(F)c1. The lowest BCUT2D eigenvalue weighted by molar-refractivity contribution is 0.0874. The molecule has 0 saturated carbocycles. The molecule has 0 fully saturated rings. The van der Waals surface area contributed by atoms with Gasteiger partial charge in [0.15, 0.2) is 0 Å². The van der Waals surface area contributed by atoms with Crippen molar-refractivity contribution in [3.05, 3.63) is 35.6 Å². The normalized spacial score (nSPS) is 11.1. The highest BCUT2D eigenvalue weighted by atomic mass is 19.1. The van der Waals surface area contributed by atoms with E-state index in [9.17, 15) is 4.39 Å². The van der Waals surface area contributed by atoms with E-state index in [2.05, 4.69) is 11.4 Å². The number of nitrogens with zero attached hydrogens (tertiary/aromatic N) is 1. The monoisotopic (exact) mass is 180 g/mol. The van der Waals surface area contributed by atoms with Crippen molar-refractivity contribution in [3.63, 3.8) is 0 Å². The summed E-state index contributed by atoms with van der Waals surface area (Å²) in [4.78, 5) is 4.88. The standard InChI is InChI=1S/C10H11FNO/c1-8(2)13-12-7-9-4-3-5-10(11)6-9/h3-6,8H,1-2H3. The van der Waals surface area contributed by atoms with Gasteiger partial charge in [-0.1, -0.05) is 17.3 Å². The summed E-state index contributed by atoms with van der Waals surface area (Å²) in [6.45, 7) is 3.72. The van der Waals surface area contributed by atoms with Crippen molar-refractivity contribution in [2.45, 2.75) is 20.0 Å². The molecule has 1 aromatic carbocycles. The van der Waals surface area contributed by atoms with E-state index in [4.69, 9.17) is 4.84 Å². The van der Waals surface area contributed by atoms with Gasteiger partial charge in [0, 0.05) is 5.56 Å². The fraction of sp³-hybridized carbons (Fsp3) is 0.300. The first-order chi connectivity index (χ1) is 6.18. The Hall–Kier alpha value is -1.38. The molecule has 1 rings (SSSR count). The van der Waals surface area contributed by atoms with E-state index in [0.717, 1.165) is 0 Å². The Balaban J connectivity index is 2.58. The molecule has 3 heteroatoms. The molecular weight excluding hydrogens is 169 g/mol. The van der Waals surface area contributed by atoms with Gasteiger partial charge in [-0.2, -0.15) is 0 Å². The number of hydrogen-bond donors (Lipinski definition) is 0. The molecule has 1 aromatic rings. The molecule has 0 aliphatic rings. The number of rotatable bonds is 3. The summed E-state index contributed by atoms with van der Waals surface area (Å²) in [5.74, 6) is -0.301. The Bertz CT molecular complexity index is 297. The lowest BCUT2D eigenvalue weighted by atomic mass is 10.2. The van der Waals surface area contributed by atoms with Crippen LogP contribution < -0.4 is 0 Å². The van der Waals surface area contributed by atoms with Crippen LogP contribution in [0.15, 0.2) is 29.4 Å². The molecule has 0 amide bonds. The maximum absolute atomic E-state index is 12.6. The van der Waals surface area contributed by atoms with E-state index in [1.807, 2.05) is 13.8 Å². The molecule has 69 valence electrons. The molecule has 2 nitrogen and oxygen atoms in total. The molecule has 0 bridgehead atoms. The second kappa shape index (κ2) is 4.60. The largest absolute Gasteiger partial charge is 0.393 e. The highest BCUT2D eigenvalue weighted by Crippen LogP contribution is 2.00. The van der Waals surface area contributed by atoms with Crippen LogP contribution in [0.3, 0.4) is 0 Å². The molecular formula is C10H11FNO. The summed E-state index contributed by atoms with van der Waals surface area (Å²) < 4.78 is 12.6. The number of halogens is 1. The lowest BCUT2D eigenvalue weighted by Gasteiger charge is -1.99. The van der Waals surface area contributed by atoms with Crippen LogP contribution >= 0.6 is 0 Å². The van der Waals surface area contributed by atoms with E-state index in [-0.39, 0.29) is 11.9 Å². The van der Waals surface area contributed by atoms with Gasteiger partial charge < -0.3 is 4.84 Å². The quantitative estimate of drug-likeness (QED) is 0.517. The second-order valence-electron chi connectivity index (χ2n) is 2.87. The van der Waals surface area contributed by atoms with Crippen LogP contribution in [-0.4, -0.2) is 12.3 Å². The summed E-state index contributed by atoms with van der Waals surface area (Å²) in [6.07, 6.45) is 2.59. The van der Waals surface area contributed by atoms with Crippen molar-refractivity contribution < 1.29 is 9.23 Å². The van der Waals surface area contributed by atoms with Crippen LogP contribution in [-0.2, 0) is 4.84 Å². The Labute approximate surface area is 77.0 Å². The van der Waals surface area contributed by atoms with Gasteiger partial charge in [0.25, 0.3) is 0 Å². The van der Waals surface area contributed by atoms with Gasteiger partial charge in [-0.15, -0.1) is 0 Å². The van der Waals surface area contributed by atoms with E-state index in [1.54, 1.807) is 12.1 Å². The summed E-state index contributed by atoms with van der Waals surface area (Å²) in [6, 6.07) is 6.01. The van der Waals surface area contributed by atoms with Crippen molar-refractivity contribution in [1.29, 1.82) is 0 Å². The summed E-state index contributed by atoms with van der Waals surface area (Å²) in [7, 11) is 0. The van der Waals surface area contributed by atoms with Gasteiger partial charge in [-0.25, -0.2) is 4.39 Å².